The first-order valence-corrected chi connectivity index (χ1v) is 6.85. The van der Waals surface area contributed by atoms with Crippen LogP contribution in [0.2, 0.25) is 0 Å². The van der Waals surface area contributed by atoms with Crippen molar-refractivity contribution in [3.05, 3.63) is 60.2 Å². The van der Waals surface area contributed by atoms with Crippen LogP contribution in [0.5, 0.6) is 5.75 Å². The van der Waals surface area contributed by atoms with Crippen LogP contribution in [-0.2, 0) is 20.9 Å². The van der Waals surface area contributed by atoms with E-state index in [1.807, 2.05) is 30.3 Å². The Morgan fingerprint density at radius 2 is 1.68 bits per heavy atom. The molecule has 0 aliphatic rings. The van der Waals surface area contributed by atoms with Crippen LogP contribution in [0, 0.1) is 0 Å². The summed E-state index contributed by atoms with van der Waals surface area (Å²) in [6, 6.07) is 16.2. The first-order chi connectivity index (χ1) is 10.6. The third kappa shape index (κ3) is 5.28. The highest BCUT2D eigenvalue weighted by Crippen LogP contribution is 2.15. The van der Waals surface area contributed by atoms with E-state index in [-0.39, 0.29) is 25.1 Å². The molecule has 0 atom stereocenters. The summed E-state index contributed by atoms with van der Waals surface area (Å²) in [5, 5.41) is 2.95. The minimum absolute atomic E-state index is 0.0692. The van der Waals surface area contributed by atoms with Gasteiger partial charge in [-0.05, 0) is 29.8 Å². The first kappa shape index (κ1) is 15.6. The number of carbonyl (C=O) groups is 2. The van der Waals surface area contributed by atoms with Gasteiger partial charge in [-0.2, -0.15) is 0 Å². The van der Waals surface area contributed by atoms with Crippen molar-refractivity contribution >= 4 is 17.6 Å². The van der Waals surface area contributed by atoms with Crippen LogP contribution in [0.4, 0.5) is 5.69 Å². The van der Waals surface area contributed by atoms with E-state index in [0.717, 1.165) is 11.3 Å². The van der Waals surface area contributed by atoms with Gasteiger partial charge >= 0.3 is 11.9 Å². The molecule has 0 spiro atoms. The number of esters is 2. The Morgan fingerprint density at radius 1 is 1.00 bits per heavy atom. The Labute approximate surface area is 128 Å². The lowest BCUT2D eigenvalue weighted by molar-refractivity contribution is -0.142. The molecule has 0 saturated carbocycles. The van der Waals surface area contributed by atoms with E-state index in [0.29, 0.717) is 5.75 Å². The van der Waals surface area contributed by atoms with Crippen molar-refractivity contribution < 1.29 is 19.1 Å². The van der Waals surface area contributed by atoms with E-state index >= 15 is 0 Å². The molecule has 0 radical (unpaired) electrons. The zero-order valence-electron chi connectivity index (χ0n) is 12.2. The van der Waals surface area contributed by atoms with Crippen molar-refractivity contribution in [1.82, 2.24) is 0 Å². The molecule has 22 heavy (non-hydrogen) atoms. The minimum Gasteiger partial charge on any atom is -0.460 e. The largest absolute Gasteiger partial charge is 0.460 e. The van der Waals surface area contributed by atoms with Gasteiger partial charge in [-0.25, -0.2) is 0 Å². The molecule has 2 aromatic rings. The van der Waals surface area contributed by atoms with Crippen LogP contribution >= 0.6 is 0 Å². The van der Waals surface area contributed by atoms with Gasteiger partial charge in [0.05, 0.1) is 0 Å². The molecule has 0 saturated heterocycles. The quantitative estimate of drug-likeness (QED) is 0.656. The molecule has 0 aromatic heterocycles. The van der Waals surface area contributed by atoms with Crippen molar-refractivity contribution in [3.63, 3.8) is 0 Å². The number of benzene rings is 2. The van der Waals surface area contributed by atoms with Crippen LogP contribution in [-0.4, -0.2) is 18.5 Å². The van der Waals surface area contributed by atoms with E-state index < -0.39 is 0 Å². The first-order valence-electron chi connectivity index (χ1n) is 6.85. The number of nitrogens with one attached hydrogen (secondary N) is 1. The fourth-order valence-electron chi connectivity index (χ4n) is 1.77. The molecule has 114 valence electrons. The number of carbonyl (C=O) groups excluding carboxylic acids is 2. The number of anilines is 1. The van der Waals surface area contributed by atoms with Gasteiger partial charge in [-0.3, -0.25) is 9.59 Å². The lowest BCUT2D eigenvalue weighted by Crippen LogP contribution is -2.16. The molecular formula is C17H17NO4. The van der Waals surface area contributed by atoms with Crippen molar-refractivity contribution in [2.24, 2.45) is 0 Å². The monoisotopic (exact) mass is 299 g/mol. The maximum atomic E-state index is 11.6. The van der Waals surface area contributed by atoms with Crippen LogP contribution in [0.25, 0.3) is 0 Å². The molecular weight excluding hydrogens is 282 g/mol. The van der Waals surface area contributed by atoms with Crippen LogP contribution in [0.15, 0.2) is 54.6 Å². The van der Waals surface area contributed by atoms with Gasteiger partial charge in [-0.15, -0.1) is 0 Å². The molecule has 0 heterocycles. The third-order valence-corrected chi connectivity index (χ3v) is 2.80. The number of ether oxygens (including phenoxy) is 2. The highest BCUT2D eigenvalue weighted by molar-refractivity contribution is 5.75. The smallest absolute Gasteiger partial charge is 0.325 e. The molecule has 0 amide bonds. The average Bonchev–Trinajstić information content (AvgIpc) is 2.53. The van der Waals surface area contributed by atoms with E-state index in [1.165, 1.54) is 6.92 Å². The molecule has 5 nitrogen and oxygen atoms in total. The summed E-state index contributed by atoms with van der Waals surface area (Å²) in [6.45, 7) is 1.67. The average molecular weight is 299 g/mol. The summed E-state index contributed by atoms with van der Waals surface area (Å²) < 4.78 is 10.1. The zero-order chi connectivity index (χ0) is 15.8. The SMILES string of the molecule is CC(=O)Oc1ccc(NCC(=O)OCc2ccccc2)cc1. The van der Waals surface area contributed by atoms with Gasteiger partial charge in [-0.1, -0.05) is 30.3 Å². The molecule has 5 heteroatoms. The van der Waals surface area contributed by atoms with E-state index in [9.17, 15) is 9.59 Å². The normalized spacial score (nSPS) is 9.86. The molecule has 0 aliphatic carbocycles. The van der Waals surface area contributed by atoms with Gasteiger partial charge < -0.3 is 14.8 Å². The second-order valence-electron chi connectivity index (χ2n) is 4.62. The van der Waals surface area contributed by atoms with E-state index in [4.69, 9.17) is 9.47 Å². The van der Waals surface area contributed by atoms with Crippen LogP contribution in [0.3, 0.4) is 0 Å². The summed E-state index contributed by atoms with van der Waals surface area (Å²) in [5.74, 6) is -0.247. The summed E-state index contributed by atoms with van der Waals surface area (Å²) in [7, 11) is 0. The Hall–Kier alpha value is -2.82. The molecule has 2 aromatic carbocycles. The Bertz CT molecular complexity index is 623. The predicted molar refractivity (Wildman–Crippen MR) is 82.5 cm³/mol. The van der Waals surface area contributed by atoms with E-state index in [2.05, 4.69) is 5.32 Å². The minimum atomic E-state index is -0.370. The topological polar surface area (TPSA) is 64.6 Å². The predicted octanol–water partition coefficient (Wildman–Crippen LogP) is 2.77. The number of hydrogen-bond acceptors (Lipinski definition) is 5. The molecule has 0 fully saturated rings. The maximum absolute atomic E-state index is 11.6. The third-order valence-electron chi connectivity index (χ3n) is 2.80. The molecule has 0 unspecified atom stereocenters. The van der Waals surface area contributed by atoms with Crippen LogP contribution < -0.4 is 10.1 Å². The second-order valence-corrected chi connectivity index (χ2v) is 4.62. The second kappa shape index (κ2) is 7.83. The van der Waals surface area contributed by atoms with Crippen molar-refractivity contribution in [2.75, 3.05) is 11.9 Å². The Kier molecular flexibility index (Phi) is 5.54. The van der Waals surface area contributed by atoms with Gasteiger partial charge in [0.2, 0.25) is 0 Å². The van der Waals surface area contributed by atoms with Crippen molar-refractivity contribution in [3.8, 4) is 5.75 Å². The van der Waals surface area contributed by atoms with Crippen molar-refractivity contribution in [1.29, 1.82) is 0 Å². The summed E-state index contributed by atoms with van der Waals surface area (Å²) in [5.41, 5.74) is 1.69. The van der Waals surface area contributed by atoms with Crippen molar-refractivity contribution in [2.45, 2.75) is 13.5 Å². The van der Waals surface area contributed by atoms with Gasteiger partial charge in [0.25, 0.3) is 0 Å². The molecule has 1 N–H and O–H groups in total. The highest BCUT2D eigenvalue weighted by Gasteiger charge is 2.04. The van der Waals surface area contributed by atoms with E-state index in [1.54, 1.807) is 24.3 Å². The van der Waals surface area contributed by atoms with Crippen LogP contribution in [0.1, 0.15) is 12.5 Å². The maximum Gasteiger partial charge on any atom is 0.325 e. The summed E-state index contributed by atoms with van der Waals surface area (Å²) >= 11 is 0. The fourth-order valence-corrected chi connectivity index (χ4v) is 1.77. The highest BCUT2D eigenvalue weighted by atomic mass is 16.5. The Morgan fingerprint density at radius 3 is 2.32 bits per heavy atom. The summed E-state index contributed by atoms with van der Waals surface area (Å²) in [4.78, 5) is 22.5. The number of rotatable bonds is 6. The molecule has 0 aliphatic heterocycles. The molecule has 2 rings (SSSR count). The van der Waals surface area contributed by atoms with Gasteiger partial charge in [0.15, 0.2) is 0 Å². The lowest BCUT2D eigenvalue weighted by Gasteiger charge is -2.08. The number of hydrogen-bond donors (Lipinski definition) is 1. The van der Waals surface area contributed by atoms with Gasteiger partial charge in [0, 0.05) is 12.6 Å². The lowest BCUT2D eigenvalue weighted by atomic mass is 10.2. The fraction of sp³-hybridized carbons (Fsp3) is 0.176. The standard InChI is InChI=1S/C17H17NO4/c1-13(19)22-16-9-7-15(8-10-16)18-11-17(20)21-12-14-5-3-2-4-6-14/h2-10,18H,11-12H2,1H3. The summed E-state index contributed by atoms with van der Waals surface area (Å²) in [6.07, 6.45) is 0. The molecule has 0 bridgehead atoms. The zero-order valence-corrected chi connectivity index (χ0v) is 12.2. The Balaban J connectivity index is 1.75. The van der Waals surface area contributed by atoms with Gasteiger partial charge in [0.1, 0.15) is 18.9 Å².